The van der Waals surface area contributed by atoms with Crippen molar-refractivity contribution in [2.75, 3.05) is 26.2 Å². The lowest BCUT2D eigenvalue weighted by Crippen LogP contribution is -2.59. The van der Waals surface area contributed by atoms with Crippen molar-refractivity contribution in [1.29, 1.82) is 0 Å². The minimum Gasteiger partial charge on any atom is -0.459 e. The number of carbonyl (C=O) groups is 3. The van der Waals surface area contributed by atoms with Crippen molar-refractivity contribution >= 4 is 17.7 Å². The molecule has 2 aliphatic heterocycles. The summed E-state index contributed by atoms with van der Waals surface area (Å²) >= 11 is 0. The summed E-state index contributed by atoms with van der Waals surface area (Å²) in [5, 5.41) is 2.89. The molecular formula is C23H27N3O5. The quantitative estimate of drug-likeness (QED) is 0.794. The van der Waals surface area contributed by atoms with E-state index in [0.717, 1.165) is 6.42 Å². The average molecular weight is 425 g/mol. The fraction of sp³-hybridized carbons (Fsp3) is 0.435. The van der Waals surface area contributed by atoms with E-state index in [-0.39, 0.29) is 30.1 Å². The Kier molecular flexibility index (Phi) is 6.08. The lowest BCUT2D eigenvalue weighted by Gasteiger charge is -2.44. The predicted octanol–water partition coefficient (Wildman–Crippen LogP) is 2.28. The van der Waals surface area contributed by atoms with Crippen molar-refractivity contribution in [2.45, 2.75) is 38.0 Å². The van der Waals surface area contributed by atoms with E-state index in [1.54, 1.807) is 46.2 Å². The molecule has 2 saturated heterocycles. The highest BCUT2D eigenvalue weighted by molar-refractivity contribution is 5.98. The fourth-order valence-corrected chi connectivity index (χ4v) is 4.27. The second-order valence-corrected chi connectivity index (χ2v) is 7.87. The normalized spacial score (nSPS) is 20.1. The van der Waals surface area contributed by atoms with Crippen LogP contribution in [-0.2, 0) is 9.53 Å². The summed E-state index contributed by atoms with van der Waals surface area (Å²) in [4.78, 5) is 42.3. The number of nitrogens with one attached hydrogen (secondary N) is 1. The molecule has 2 fully saturated rings. The number of ether oxygens (including phenoxy) is 1. The molecule has 3 heterocycles. The highest BCUT2D eigenvalue weighted by Crippen LogP contribution is 2.38. The minimum absolute atomic E-state index is 0.139. The van der Waals surface area contributed by atoms with Crippen LogP contribution in [-0.4, -0.2) is 65.5 Å². The standard InChI is InChI=1S/C23H27N3O5/c1-2-12-24-20(27)18-16-31-23(26(18)21(28)17-7-4-3-5-8-17)10-13-25(14-11-23)22(29)19-9-6-15-30-19/h3-9,15,18H,2,10-14,16H2,1H3,(H,24,27). The Labute approximate surface area is 181 Å². The molecule has 3 amide bonds. The topological polar surface area (TPSA) is 92.1 Å². The number of benzene rings is 1. The minimum atomic E-state index is -0.916. The van der Waals surface area contributed by atoms with Crippen LogP contribution in [0, 0.1) is 0 Å². The molecule has 31 heavy (non-hydrogen) atoms. The number of piperidine rings is 1. The van der Waals surface area contributed by atoms with Crippen LogP contribution in [0.4, 0.5) is 0 Å². The molecule has 2 aromatic rings. The molecule has 8 nitrogen and oxygen atoms in total. The van der Waals surface area contributed by atoms with E-state index < -0.39 is 11.8 Å². The van der Waals surface area contributed by atoms with Crippen LogP contribution in [0.15, 0.2) is 53.1 Å². The lowest BCUT2D eigenvalue weighted by atomic mass is 9.96. The van der Waals surface area contributed by atoms with Crippen molar-refractivity contribution in [3.63, 3.8) is 0 Å². The second-order valence-electron chi connectivity index (χ2n) is 7.87. The molecule has 1 aromatic carbocycles. The van der Waals surface area contributed by atoms with Crippen LogP contribution in [0.2, 0.25) is 0 Å². The van der Waals surface area contributed by atoms with Crippen molar-refractivity contribution < 1.29 is 23.5 Å². The molecule has 0 radical (unpaired) electrons. The van der Waals surface area contributed by atoms with Gasteiger partial charge in [-0.15, -0.1) is 0 Å². The van der Waals surface area contributed by atoms with Crippen LogP contribution in [0.25, 0.3) is 0 Å². The molecule has 1 aromatic heterocycles. The molecule has 1 spiro atoms. The zero-order valence-corrected chi connectivity index (χ0v) is 17.6. The third-order valence-corrected chi connectivity index (χ3v) is 5.92. The first kappa shape index (κ1) is 21.1. The van der Waals surface area contributed by atoms with Gasteiger partial charge in [-0.1, -0.05) is 25.1 Å². The monoisotopic (exact) mass is 425 g/mol. The molecule has 1 unspecified atom stereocenters. The maximum absolute atomic E-state index is 13.5. The molecule has 1 N–H and O–H groups in total. The number of carbonyl (C=O) groups excluding carboxylic acids is 3. The molecule has 0 aliphatic carbocycles. The van der Waals surface area contributed by atoms with Gasteiger partial charge in [0.2, 0.25) is 5.91 Å². The highest BCUT2D eigenvalue weighted by Gasteiger charge is 2.54. The van der Waals surface area contributed by atoms with Crippen LogP contribution >= 0.6 is 0 Å². The average Bonchev–Trinajstić information content (AvgIpc) is 3.47. The smallest absolute Gasteiger partial charge is 0.289 e. The highest BCUT2D eigenvalue weighted by atomic mass is 16.5. The van der Waals surface area contributed by atoms with E-state index in [1.165, 1.54) is 6.26 Å². The first-order valence-electron chi connectivity index (χ1n) is 10.7. The summed E-state index contributed by atoms with van der Waals surface area (Å²) in [6, 6.07) is 11.5. The molecule has 164 valence electrons. The zero-order chi connectivity index (χ0) is 21.8. The number of hydrogen-bond donors (Lipinski definition) is 1. The van der Waals surface area contributed by atoms with Gasteiger partial charge < -0.3 is 19.4 Å². The van der Waals surface area contributed by atoms with Crippen LogP contribution in [0.1, 0.15) is 47.1 Å². The van der Waals surface area contributed by atoms with Gasteiger partial charge in [0, 0.05) is 38.0 Å². The molecule has 0 bridgehead atoms. The van der Waals surface area contributed by atoms with Crippen LogP contribution < -0.4 is 5.32 Å². The van der Waals surface area contributed by atoms with E-state index in [0.29, 0.717) is 38.0 Å². The summed E-state index contributed by atoms with van der Waals surface area (Å²) in [6.07, 6.45) is 3.13. The fourth-order valence-electron chi connectivity index (χ4n) is 4.27. The number of likely N-dealkylation sites (tertiary alicyclic amines) is 1. The molecule has 4 rings (SSSR count). The predicted molar refractivity (Wildman–Crippen MR) is 112 cm³/mol. The number of nitrogens with zero attached hydrogens (tertiary/aromatic N) is 2. The molecule has 2 aliphatic rings. The Morgan fingerprint density at radius 2 is 1.81 bits per heavy atom. The zero-order valence-electron chi connectivity index (χ0n) is 17.6. The van der Waals surface area contributed by atoms with Crippen LogP contribution in [0.5, 0.6) is 0 Å². The van der Waals surface area contributed by atoms with Gasteiger partial charge in [-0.2, -0.15) is 0 Å². The van der Waals surface area contributed by atoms with Gasteiger partial charge in [-0.3, -0.25) is 19.3 Å². The van der Waals surface area contributed by atoms with E-state index in [2.05, 4.69) is 5.32 Å². The summed E-state index contributed by atoms with van der Waals surface area (Å²) < 4.78 is 11.4. The number of hydrogen-bond acceptors (Lipinski definition) is 5. The first-order chi connectivity index (χ1) is 15.1. The lowest BCUT2D eigenvalue weighted by molar-refractivity contribution is -0.128. The number of rotatable bonds is 5. The van der Waals surface area contributed by atoms with Crippen LogP contribution in [0.3, 0.4) is 0 Å². The largest absolute Gasteiger partial charge is 0.459 e. The Morgan fingerprint density at radius 1 is 1.06 bits per heavy atom. The molecular weight excluding hydrogens is 398 g/mol. The molecule has 8 heteroatoms. The summed E-state index contributed by atoms with van der Waals surface area (Å²) in [5.74, 6) is -0.342. The van der Waals surface area contributed by atoms with Gasteiger partial charge in [-0.05, 0) is 30.7 Å². The van der Waals surface area contributed by atoms with E-state index in [1.807, 2.05) is 13.0 Å². The SMILES string of the molecule is CCCNC(=O)C1COC2(CCN(C(=O)c3ccco3)CC2)N1C(=O)c1ccccc1. The number of furan rings is 1. The van der Waals surface area contributed by atoms with Crippen molar-refractivity contribution in [2.24, 2.45) is 0 Å². The van der Waals surface area contributed by atoms with Gasteiger partial charge in [0.1, 0.15) is 11.8 Å². The van der Waals surface area contributed by atoms with Crippen molar-refractivity contribution in [1.82, 2.24) is 15.1 Å². The van der Waals surface area contributed by atoms with Gasteiger partial charge in [0.15, 0.2) is 5.76 Å². The Balaban J connectivity index is 1.56. The maximum Gasteiger partial charge on any atom is 0.289 e. The summed E-state index contributed by atoms with van der Waals surface area (Å²) in [7, 11) is 0. The van der Waals surface area contributed by atoms with Crippen molar-refractivity contribution in [3.8, 4) is 0 Å². The van der Waals surface area contributed by atoms with E-state index in [4.69, 9.17) is 9.15 Å². The first-order valence-corrected chi connectivity index (χ1v) is 10.7. The van der Waals surface area contributed by atoms with E-state index in [9.17, 15) is 14.4 Å². The second kappa shape index (κ2) is 8.93. The third-order valence-electron chi connectivity index (χ3n) is 5.92. The molecule has 1 atom stereocenters. The maximum atomic E-state index is 13.5. The summed E-state index contributed by atoms with van der Waals surface area (Å²) in [5.41, 5.74) is -0.407. The Morgan fingerprint density at radius 3 is 2.45 bits per heavy atom. The van der Waals surface area contributed by atoms with Gasteiger partial charge in [0.25, 0.3) is 11.8 Å². The molecule has 0 saturated carbocycles. The van der Waals surface area contributed by atoms with Gasteiger partial charge >= 0.3 is 0 Å². The van der Waals surface area contributed by atoms with Crippen molar-refractivity contribution in [3.05, 3.63) is 60.1 Å². The summed E-state index contributed by atoms with van der Waals surface area (Å²) in [6.45, 7) is 3.47. The Bertz CT molecular complexity index is 920. The Hall–Kier alpha value is -3.13. The number of amides is 3. The third kappa shape index (κ3) is 4.07. The van der Waals surface area contributed by atoms with E-state index >= 15 is 0 Å². The van der Waals surface area contributed by atoms with Gasteiger partial charge in [0.05, 0.1) is 12.9 Å². The van der Waals surface area contributed by atoms with Gasteiger partial charge in [-0.25, -0.2) is 0 Å².